The van der Waals surface area contributed by atoms with Crippen LogP contribution in [0.1, 0.15) is 29.1 Å². The van der Waals surface area contributed by atoms with E-state index in [2.05, 4.69) is 21.4 Å². The zero-order chi connectivity index (χ0) is 22.6. The minimum atomic E-state index is -0.0978. The number of thiophene rings is 2. The SMILES string of the molecule is CCOc1ccccc1-c1nnc(SCC(=O)N2N=C(c3cccs3)C[C@H]2c2cccs2)o1. The summed E-state index contributed by atoms with van der Waals surface area (Å²) < 4.78 is 11.5. The van der Waals surface area contributed by atoms with Crippen LogP contribution in [0.2, 0.25) is 0 Å². The standard InChI is InChI=1S/C23H20N4O3S3/c1-2-29-18-8-4-3-7-15(18)22-24-25-23(30-22)33-14-21(28)27-17(20-10-6-12-32-20)13-16(26-27)19-9-5-11-31-19/h3-12,17H,2,13-14H2,1H3/t17-/m0/s1. The monoisotopic (exact) mass is 496 g/mol. The van der Waals surface area contributed by atoms with Gasteiger partial charge in [-0.3, -0.25) is 4.79 Å². The average molecular weight is 497 g/mol. The van der Waals surface area contributed by atoms with Crippen LogP contribution in [-0.4, -0.2) is 39.2 Å². The molecule has 0 radical (unpaired) electrons. The highest BCUT2D eigenvalue weighted by molar-refractivity contribution is 7.99. The summed E-state index contributed by atoms with van der Waals surface area (Å²) in [5.41, 5.74) is 1.67. The molecule has 4 aromatic rings. The van der Waals surface area contributed by atoms with Gasteiger partial charge in [0.15, 0.2) is 0 Å². The van der Waals surface area contributed by atoms with Crippen molar-refractivity contribution >= 4 is 46.1 Å². The molecule has 4 heterocycles. The van der Waals surface area contributed by atoms with Gasteiger partial charge in [0.25, 0.3) is 17.0 Å². The van der Waals surface area contributed by atoms with Crippen molar-refractivity contribution in [3.63, 3.8) is 0 Å². The van der Waals surface area contributed by atoms with E-state index in [4.69, 9.17) is 9.15 Å². The quantitative estimate of drug-likeness (QED) is 0.290. The van der Waals surface area contributed by atoms with Crippen LogP contribution in [0.4, 0.5) is 0 Å². The van der Waals surface area contributed by atoms with Gasteiger partial charge in [-0.15, -0.1) is 32.9 Å². The third kappa shape index (κ3) is 4.73. The molecule has 1 aliphatic heterocycles. The van der Waals surface area contributed by atoms with Crippen LogP contribution in [0, 0.1) is 0 Å². The molecular formula is C23H20N4O3S3. The first-order chi connectivity index (χ1) is 16.2. The number of hydrogen-bond acceptors (Lipinski definition) is 9. The lowest BCUT2D eigenvalue weighted by Gasteiger charge is -2.20. The zero-order valence-corrected chi connectivity index (χ0v) is 20.2. The Labute approximate surface area is 203 Å². The summed E-state index contributed by atoms with van der Waals surface area (Å²) in [6.45, 7) is 2.46. The van der Waals surface area contributed by atoms with Gasteiger partial charge >= 0.3 is 0 Å². The average Bonchev–Trinajstić information content (AvgIpc) is 3.63. The lowest BCUT2D eigenvalue weighted by atomic mass is 10.1. The number of nitrogens with zero attached hydrogens (tertiary/aromatic N) is 4. The van der Waals surface area contributed by atoms with Crippen molar-refractivity contribution in [1.82, 2.24) is 15.2 Å². The summed E-state index contributed by atoms with van der Waals surface area (Å²) in [5, 5.41) is 18.9. The first kappa shape index (κ1) is 21.9. The van der Waals surface area contributed by atoms with Crippen molar-refractivity contribution in [2.24, 2.45) is 5.10 Å². The molecule has 10 heteroatoms. The van der Waals surface area contributed by atoms with E-state index < -0.39 is 0 Å². The molecule has 33 heavy (non-hydrogen) atoms. The van der Waals surface area contributed by atoms with Crippen LogP contribution >= 0.6 is 34.4 Å². The molecule has 3 aromatic heterocycles. The number of para-hydroxylation sites is 1. The molecule has 168 valence electrons. The first-order valence-corrected chi connectivity index (χ1v) is 13.1. The van der Waals surface area contributed by atoms with Crippen LogP contribution in [0.5, 0.6) is 5.75 Å². The fraction of sp³-hybridized carbons (Fsp3) is 0.217. The third-order valence-corrected chi connectivity index (χ3v) is 7.68. The topological polar surface area (TPSA) is 80.8 Å². The Morgan fingerprint density at radius 2 is 2.00 bits per heavy atom. The fourth-order valence-corrected chi connectivity index (χ4v) is 5.67. The van der Waals surface area contributed by atoms with Crippen LogP contribution in [0.15, 0.2) is 74.0 Å². The number of aromatic nitrogens is 2. The molecule has 1 amide bonds. The summed E-state index contributed by atoms with van der Waals surface area (Å²) in [4.78, 5) is 15.4. The number of hydrazone groups is 1. The molecule has 1 aromatic carbocycles. The normalized spacial score (nSPS) is 15.6. The predicted molar refractivity (Wildman–Crippen MR) is 131 cm³/mol. The maximum atomic E-state index is 13.2. The molecule has 0 bridgehead atoms. The Morgan fingerprint density at radius 1 is 1.15 bits per heavy atom. The fourth-order valence-electron chi connectivity index (χ4n) is 3.53. The lowest BCUT2D eigenvalue weighted by Crippen LogP contribution is -2.28. The van der Waals surface area contributed by atoms with Gasteiger partial charge in [-0.2, -0.15) is 5.10 Å². The maximum Gasteiger partial charge on any atom is 0.277 e. The largest absolute Gasteiger partial charge is 0.493 e. The zero-order valence-electron chi connectivity index (χ0n) is 17.7. The molecule has 0 N–H and O–H groups in total. The summed E-state index contributed by atoms with van der Waals surface area (Å²) in [7, 11) is 0. The molecule has 0 unspecified atom stereocenters. The molecule has 0 fully saturated rings. The van der Waals surface area contributed by atoms with Gasteiger partial charge < -0.3 is 9.15 Å². The Morgan fingerprint density at radius 3 is 2.79 bits per heavy atom. The summed E-state index contributed by atoms with van der Waals surface area (Å²) in [6.07, 6.45) is 0.705. The van der Waals surface area contributed by atoms with Crippen molar-refractivity contribution in [3.8, 4) is 17.2 Å². The molecule has 1 aliphatic rings. The van der Waals surface area contributed by atoms with Crippen molar-refractivity contribution in [3.05, 3.63) is 69.0 Å². The van der Waals surface area contributed by atoms with Crippen LogP contribution in [0.25, 0.3) is 11.5 Å². The second kappa shape index (κ2) is 9.90. The van der Waals surface area contributed by atoms with Gasteiger partial charge in [-0.25, -0.2) is 5.01 Å². The second-order valence-electron chi connectivity index (χ2n) is 7.09. The van der Waals surface area contributed by atoms with E-state index in [1.807, 2.05) is 60.1 Å². The first-order valence-electron chi connectivity index (χ1n) is 10.4. The molecule has 0 spiro atoms. The van der Waals surface area contributed by atoms with Crippen LogP contribution in [-0.2, 0) is 4.79 Å². The van der Waals surface area contributed by atoms with Gasteiger partial charge in [-0.05, 0) is 41.9 Å². The number of thioether (sulfide) groups is 1. The van der Waals surface area contributed by atoms with Crippen molar-refractivity contribution in [1.29, 1.82) is 0 Å². The molecule has 0 saturated carbocycles. The number of hydrogen-bond donors (Lipinski definition) is 0. The van der Waals surface area contributed by atoms with Gasteiger partial charge in [0.05, 0.1) is 34.6 Å². The maximum absolute atomic E-state index is 13.2. The summed E-state index contributed by atoms with van der Waals surface area (Å²) in [6, 6.07) is 15.5. The Hall–Kier alpha value is -2.95. The Balaban J connectivity index is 1.30. The number of benzene rings is 1. The Bertz CT molecular complexity index is 1250. The smallest absolute Gasteiger partial charge is 0.277 e. The second-order valence-corrected chi connectivity index (χ2v) is 9.94. The van der Waals surface area contributed by atoms with Crippen molar-refractivity contribution < 1.29 is 13.9 Å². The summed E-state index contributed by atoms with van der Waals surface area (Å²) >= 11 is 4.49. The van der Waals surface area contributed by atoms with Gasteiger partial charge in [0.2, 0.25) is 0 Å². The van der Waals surface area contributed by atoms with Gasteiger partial charge in [-0.1, -0.05) is 36.0 Å². The molecule has 7 nitrogen and oxygen atoms in total. The highest BCUT2D eigenvalue weighted by atomic mass is 32.2. The molecule has 5 rings (SSSR count). The van der Waals surface area contributed by atoms with E-state index in [0.29, 0.717) is 29.9 Å². The van der Waals surface area contributed by atoms with E-state index in [1.54, 1.807) is 27.7 Å². The minimum Gasteiger partial charge on any atom is -0.493 e. The van der Waals surface area contributed by atoms with E-state index in [-0.39, 0.29) is 17.7 Å². The highest BCUT2D eigenvalue weighted by Crippen LogP contribution is 2.37. The number of carbonyl (C=O) groups is 1. The molecule has 0 aliphatic carbocycles. The number of ether oxygens (including phenoxy) is 1. The van der Waals surface area contributed by atoms with E-state index in [1.165, 1.54) is 11.8 Å². The number of carbonyl (C=O) groups excluding carboxylic acids is 1. The van der Waals surface area contributed by atoms with E-state index >= 15 is 0 Å². The molecular weight excluding hydrogens is 476 g/mol. The summed E-state index contributed by atoms with van der Waals surface area (Å²) in [5.74, 6) is 1.10. The minimum absolute atomic E-state index is 0.0912. The van der Waals surface area contributed by atoms with Gasteiger partial charge in [0, 0.05) is 11.3 Å². The molecule has 1 atom stereocenters. The van der Waals surface area contributed by atoms with Crippen molar-refractivity contribution in [2.75, 3.05) is 12.4 Å². The third-order valence-electron chi connectivity index (χ3n) is 4.99. The van der Waals surface area contributed by atoms with Crippen LogP contribution in [0.3, 0.4) is 0 Å². The number of amides is 1. The predicted octanol–water partition coefficient (Wildman–Crippen LogP) is 5.73. The lowest BCUT2D eigenvalue weighted by molar-refractivity contribution is -0.130. The van der Waals surface area contributed by atoms with E-state index in [9.17, 15) is 4.79 Å². The molecule has 0 saturated heterocycles. The van der Waals surface area contributed by atoms with Crippen molar-refractivity contribution in [2.45, 2.75) is 24.6 Å². The van der Waals surface area contributed by atoms with Crippen LogP contribution < -0.4 is 4.74 Å². The number of rotatable bonds is 8. The Kier molecular flexibility index (Phi) is 6.56. The van der Waals surface area contributed by atoms with E-state index in [0.717, 1.165) is 21.0 Å². The van der Waals surface area contributed by atoms with Gasteiger partial charge in [0.1, 0.15) is 5.75 Å². The highest BCUT2D eigenvalue weighted by Gasteiger charge is 2.34.